The van der Waals surface area contributed by atoms with E-state index < -0.39 is 17.9 Å². The Bertz CT molecular complexity index is 512. The van der Waals surface area contributed by atoms with Gasteiger partial charge in [-0.25, -0.2) is 4.79 Å². The molecule has 2 amide bonds. The van der Waals surface area contributed by atoms with E-state index in [2.05, 4.69) is 26.6 Å². The lowest BCUT2D eigenvalue weighted by Gasteiger charge is -2.23. The Hall–Kier alpha value is -1.56. The number of urea groups is 1. The summed E-state index contributed by atoms with van der Waals surface area (Å²) in [6, 6.07) is 6.81. The third-order valence-corrected chi connectivity index (χ3v) is 3.53. The molecule has 21 heavy (non-hydrogen) atoms. The summed E-state index contributed by atoms with van der Waals surface area (Å²) in [5.74, 6) is -1.50. The number of hydrogen-bond donors (Lipinski definition) is 3. The van der Waals surface area contributed by atoms with Crippen molar-refractivity contribution in [3.63, 3.8) is 0 Å². The zero-order valence-corrected chi connectivity index (χ0v) is 14.0. The topological polar surface area (TPSA) is 78.4 Å². The van der Waals surface area contributed by atoms with Crippen LogP contribution < -0.4 is 10.6 Å². The highest BCUT2D eigenvalue weighted by Crippen LogP contribution is 2.24. The SMILES string of the molecule is CC(C)(C)CC(CNC(=O)Nc1ccccc1Br)C(=O)O. The molecule has 0 aliphatic heterocycles. The molecule has 0 aliphatic carbocycles. The first kappa shape index (κ1) is 17.5. The molecule has 0 fully saturated rings. The highest BCUT2D eigenvalue weighted by atomic mass is 79.9. The van der Waals surface area contributed by atoms with Gasteiger partial charge in [-0.2, -0.15) is 0 Å². The molecule has 0 heterocycles. The van der Waals surface area contributed by atoms with Crippen LogP contribution in [-0.2, 0) is 4.79 Å². The standard InChI is InChI=1S/C15H21BrN2O3/c1-15(2,3)8-10(13(19)20)9-17-14(21)18-12-7-5-4-6-11(12)16/h4-7,10H,8-9H2,1-3H3,(H,19,20)(H2,17,18,21). The van der Waals surface area contributed by atoms with E-state index in [0.717, 1.165) is 4.47 Å². The first-order valence-corrected chi connectivity index (χ1v) is 7.50. The van der Waals surface area contributed by atoms with E-state index in [1.807, 2.05) is 32.9 Å². The highest BCUT2D eigenvalue weighted by Gasteiger charge is 2.25. The van der Waals surface area contributed by atoms with E-state index in [9.17, 15) is 14.7 Å². The summed E-state index contributed by atoms with van der Waals surface area (Å²) >= 11 is 3.33. The highest BCUT2D eigenvalue weighted by molar-refractivity contribution is 9.10. The Balaban J connectivity index is 2.54. The summed E-state index contributed by atoms with van der Waals surface area (Å²) in [6.45, 7) is 6.03. The van der Waals surface area contributed by atoms with E-state index in [0.29, 0.717) is 12.1 Å². The number of benzene rings is 1. The molecular formula is C15H21BrN2O3. The predicted octanol–water partition coefficient (Wildman–Crippen LogP) is 3.71. The largest absolute Gasteiger partial charge is 0.481 e. The fourth-order valence-electron chi connectivity index (χ4n) is 1.93. The van der Waals surface area contributed by atoms with Crippen molar-refractivity contribution >= 4 is 33.6 Å². The number of carboxylic acid groups (broad SMARTS) is 1. The average molecular weight is 357 g/mol. The zero-order valence-electron chi connectivity index (χ0n) is 12.4. The summed E-state index contributed by atoms with van der Waals surface area (Å²) in [4.78, 5) is 23.0. The summed E-state index contributed by atoms with van der Waals surface area (Å²) in [7, 11) is 0. The van der Waals surface area contributed by atoms with Crippen molar-refractivity contribution in [2.45, 2.75) is 27.2 Å². The van der Waals surface area contributed by atoms with Crippen LogP contribution in [0.15, 0.2) is 28.7 Å². The number of carboxylic acids is 1. The molecule has 0 aliphatic rings. The van der Waals surface area contributed by atoms with Gasteiger partial charge in [-0.15, -0.1) is 0 Å². The Morgan fingerprint density at radius 1 is 1.29 bits per heavy atom. The molecule has 0 radical (unpaired) electrons. The number of amides is 2. The lowest BCUT2D eigenvalue weighted by Crippen LogP contribution is -2.37. The fourth-order valence-corrected chi connectivity index (χ4v) is 2.31. The Labute approximate surface area is 133 Å². The number of carbonyl (C=O) groups is 2. The lowest BCUT2D eigenvalue weighted by atomic mass is 9.84. The quantitative estimate of drug-likeness (QED) is 0.752. The monoisotopic (exact) mass is 356 g/mol. The first-order valence-electron chi connectivity index (χ1n) is 6.71. The number of hydrogen-bond acceptors (Lipinski definition) is 2. The van der Waals surface area contributed by atoms with E-state index in [4.69, 9.17) is 0 Å². The van der Waals surface area contributed by atoms with Crippen LogP contribution in [0.5, 0.6) is 0 Å². The molecule has 0 aromatic heterocycles. The van der Waals surface area contributed by atoms with Gasteiger partial charge in [0.2, 0.25) is 0 Å². The van der Waals surface area contributed by atoms with Crippen LogP contribution in [0, 0.1) is 11.3 Å². The van der Waals surface area contributed by atoms with Gasteiger partial charge in [0.15, 0.2) is 0 Å². The number of para-hydroxylation sites is 1. The van der Waals surface area contributed by atoms with E-state index in [-0.39, 0.29) is 12.0 Å². The van der Waals surface area contributed by atoms with Gasteiger partial charge in [-0.3, -0.25) is 4.79 Å². The van der Waals surface area contributed by atoms with Crippen LogP contribution in [0.25, 0.3) is 0 Å². The van der Waals surface area contributed by atoms with Crippen LogP contribution in [0.4, 0.5) is 10.5 Å². The Morgan fingerprint density at radius 2 is 1.90 bits per heavy atom. The molecule has 1 aromatic carbocycles. The normalized spacial score (nSPS) is 12.6. The number of halogens is 1. The molecule has 1 unspecified atom stereocenters. The molecule has 0 saturated heterocycles. The minimum Gasteiger partial charge on any atom is -0.481 e. The lowest BCUT2D eigenvalue weighted by molar-refractivity contribution is -0.142. The van der Waals surface area contributed by atoms with Crippen LogP contribution >= 0.6 is 15.9 Å². The molecule has 1 rings (SSSR count). The van der Waals surface area contributed by atoms with Gasteiger partial charge in [-0.1, -0.05) is 32.9 Å². The first-order chi connectivity index (χ1) is 9.69. The zero-order chi connectivity index (χ0) is 16.0. The van der Waals surface area contributed by atoms with E-state index >= 15 is 0 Å². The predicted molar refractivity (Wildman–Crippen MR) is 86.4 cm³/mol. The fraction of sp³-hybridized carbons (Fsp3) is 0.467. The summed E-state index contributed by atoms with van der Waals surface area (Å²) < 4.78 is 0.768. The van der Waals surface area contributed by atoms with Crippen LogP contribution in [-0.4, -0.2) is 23.7 Å². The van der Waals surface area contributed by atoms with Gasteiger partial charge < -0.3 is 15.7 Å². The van der Waals surface area contributed by atoms with Gasteiger partial charge in [-0.05, 0) is 39.9 Å². The molecule has 1 atom stereocenters. The number of aliphatic carboxylic acids is 1. The summed E-state index contributed by atoms with van der Waals surface area (Å²) in [5, 5.41) is 14.5. The number of nitrogens with one attached hydrogen (secondary N) is 2. The second kappa shape index (κ2) is 7.45. The number of anilines is 1. The van der Waals surface area contributed by atoms with Crippen LogP contribution in [0.2, 0.25) is 0 Å². The van der Waals surface area contributed by atoms with Crippen molar-refractivity contribution < 1.29 is 14.7 Å². The summed E-state index contributed by atoms with van der Waals surface area (Å²) in [5.41, 5.74) is 0.529. The molecule has 0 bridgehead atoms. The van der Waals surface area contributed by atoms with Gasteiger partial charge in [0.25, 0.3) is 0 Å². The maximum Gasteiger partial charge on any atom is 0.319 e. The molecule has 1 aromatic rings. The second-order valence-corrected chi connectivity index (χ2v) is 6.97. The van der Waals surface area contributed by atoms with Crippen LogP contribution in [0.3, 0.4) is 0 Å². The molecule has 116 valence electrons. The Kier molecular flexibility index (Phi) is 6.20. The van der Waals surface area contributed by atoms with Gasteiger partial charge in [0.05, 0.1) is 11.6 Å². The molecule has 6 heteroatoms. The third kappa shape index (κ3) is 6.62. The van der Waals surface area contributed by atoms with Crippen molar-refractivity contribution in [1.29, 1.82) is 0 Å². The minimum atomic E-state index is -0.897. The van der Waals surface area contributed by atoms with Crippen molar-refractivity contribution in [3.05, 3.63) is 28.7 Å². The van der Waals surface area contributed by atoms with Crippen LogP contribution in [0.1, 0.15) is 27.2 Å². The van der Waals surface area contributed by atoms with Crippen molar-refractivity contribution in [3.8, 4) is 0 Å². The van der Waals surface area contributed by atoms with Crippen molar-refractivity contribution in [2.24, 2.45) is 11.3 Å². The molecular weight excluding hydrogens is 336 g/mol. The van der Waals surface area contributed by atoms with E-state index in [1.54, 1.807) is 12.1 Å². The minimum absolute atomic E-state index is 0.100. The van der Waals surface area contributed by atoms with Gasteiger partial charge in [0, 0.05) is 11.0 Å². The maximum atomic E-state index is 11.8. The van der Waals surface area contributed by atoms with E-state index in [1.165, 1.54) is 0 Å². The van der Waals surface area contributed by atoms with Crippen molar-refractivity contribution in [2.75, 3.05) is 11.9 Å². The average Bonchev–Trinajstić information content (AvgIpc) is 2.35. The number of rotatable bonds is 5. The maximum absolute atomic E-state index is 11.8. The Morgan fingerprint density at radius 3 is 2.43 bits per heavy atom. The molecule has 0 spiro atoms. The molecule has 3 N–H and O–H groups in total. The molecule has 5 nitrogen and oxygen atoms in total. The second-order valence-electron chi connectivity index (χ2n) is 6.11. The smallest absolute Gasteiger partial charge is 0.319 e. The van der Waals surface area contributed by atoms with Crippen molar-refractivity contribution in [1.82, 2.24) is 5.32 Å². The summed E-state index contributed by atoms with van der Waals surface area (Å²) in [6.07, 6.45) is 0.498. The number of carbonyl (C=O) groups excluding carboxylic acids is 1. The molecule has 0 saturated carbocycles. The van der Waals surface area contributed by atoms with Gasteiger partial charge in [0.1, 0.15) is 0 Å². The third-order valence-electron chi connectivity index (χ3n) is 2.84. The van der Waals surface area contributed by atoms with Gasteiger partial charge >= 0.3 is 12.0 Å².